The Hall–Kier alpha value is -0.940. The third kappa shape index (κ3) is 5.50. The van der Waals surface area contributed by atoms with Gasteiger partial charge < -0.3 is 20.1 Å². The summed E-state index contributed by atoms with van der Waals surface area (Å²) >= 11 is 0. The van der Waals surface area contributed by atoms with Gasteiger partial charge in [-0.25, -0.2) is 0 Å². The second-order valence-corrected chi connectivity index (χ2v) is 2.19. The fraction of sp³-hybridized carbons (Fsp3) is 0.667. The number of aldehydes is 1. The van der Waals surface area contributed by atoms with Crippen molar-refractivity contribution < 1.29 is 24.9 Å². The van der Waals surface area contributed by atoms with Crippen LogP contribution in [0.1, 0.15) is 12.8 Å². The number of aliphatic hydroxyl groups is 2. The zero-order chi connectivity index (χ0) is 8.85. The molecule has 2 atom stereocenters. The Bertz CT molecular complexity index is 144. The first kappa shape index (κ1) is 10.1. The van der Waals surface area contributed by atoms with E-state index in [4.69, 9.17) is 15.3 Å². The molecule has 0 radical (unpaired) electrons. The van der Waals surface area contributed by atoms with Crippen molar-refractivity contribution in [1.82, 2.24) is 0 Å². The van der Waals surface area contributed by atoms with Gasteiger partial charge in [0.25, 0.3) is 0 Å². The van der Waals surface area contributed by atoms with Crippen LogP contribution in [0.5, 0.6) is 0 Å². The van der Waals surface area contributed by atoms with Crippen molar-refractivity contribution in [2.24, 2.45) is 0 Å². The Morgan fingerprint density at radius 2 is 2.00 bits per heavy atom. The van der Waals surface area contributed by atoms with Gasteiger partial charge in [0.2, 0.25) is 0 Å². The van der Waals surface area contributed by atoms with Gasteiger partial charge in [0.1, 0.15) is 12.4 Å². The molecule has 0 saturated carbocycles. The fourth-order valence-corrected chi connectivity index (χ4v) is 0.619. The van der Waals surface area contributed by atoms with Crippen LogP contribution in [0.15, 0.2) is 0 Å². The first-order valence-corrected chi connectivity index (χ1v) is 3.09. The molecule has 0 bridgehead atoms. The Labute approximate surface area is 63.3 Å². The summed E-state index contributed by atoms with van der Waals surface area (Å²) in [5.41, 5.74) is 0. The van der Waals surface area contributed by atoms with Gasteiger partial charge in [0, 0.05) is 6.42 Å². The maximum absolute atomic E-state index is 9.95. The van der Waals surface area contributed by atoms with Gasteiger partial charge in [-0.15, -0.1) is 0 Å². The van der Waals surface area contributed by atoms with Crippen molar-refractivity contribution in [1.29, 1.82) is 0 Å². The van der Waals surface area contributed by atoms with Crippen molar-refractivity contribution in [3.05, 3.63) is 0 Å². The molecule has 0 amide bonds. The molecule has 0 saturated heterocycles. The normalized spacial score (nSPS) is 15.5. The largest absolute Gasteiger partial charge is 0.481 e. The fourth-order valence-electron chi connectivity index (χ4n) is 0.619. The predicted molar refractivity (Wildman–Crippen MR) is 34.9 cm³/mol. The standard InChI is InChI=1S/C6H10O5/c7-3-5(9)1-4(8)2-6(10)11/h3-5,8-9H,1-2H2,(H,10,11). The summed E-state index contributed by atoms with van der Waals surface area (Å²) in [6, 6.07) is 0. The Balaban J connectivity index is 3.59. The van der Waals surface area contributed by atoms with Gasteiger partial charge >= 0.3 is 5.97 Å². The van der Waals surface area contributed by atoms with Crippen molar-refractivity contribution in [2.45, 2.75) is 25.0 Å². The molecule has 11 heavy (non-hydrogen) atoms. The monoisotopic (exact) mass is 162 g/mol. The highest BCUT2D eigenvalue weighted by atomic mass is 16.4. The molecule has 5 heteroatoms. The molecule has 5 nitrogen and oxygen atoms in total. The quantitative estimate of drug-likeness (QED) is 0.440. The zero-order valence-electron chi connectivity index (χ0n) is 5.80. The highest BCUT2D eigenvalue weighted by Gasteiger charge is 2.13. The van der Waals surface area contributed by atoms with Gasteiger partial charge in [-0.3, -0.25) is 4.79 Å². The molecule has 0 aromatic rings. The number of hydrogen-bond donors (Lipinski definition) is 3. The number of carboxylic acid groups (broad SMARTS) is 1. The van der Waals surface area contributed by atoms with E-state index in [-0.39, 0.29) is 12.7 Å². The van der Waals surface area contributed by atoms with E-state index in [1.54, 1.807) is 0 Å². The number of carbonyl (C=O) groups excluding carboxylic acids is 1. The number of hydrogen-bond acceptors (Lipinski definition) is 4. The first-order valence-electron chi connectivity index (χ1n) is 3.09. The lowest BCUT2D eigenvalue weighted by atomic mass is 10.1. The number of rotatable bonds is 5. The molecule has 0 fully saturated rings. The Morgan fingerprint density at radius 3 is 2.36 bits per heavy atom. The van der Waals surface area contributed by atoms with Crippen molar-refractivity contribution in [3.63, 3.8) is 0 Å². The van der Waals surface area contributed by atoms with E-state index in [0.29, 0.717) is 0 Å². The van der Waals surface area contributed by atoms with Gasteiger partial charge in [0.15, 0.2) is 0 Å². The summed E-state index contributed by atoms with van der Waals surface area (Å²) in [6.45, 7) is 0. The summed E-state index contributed by atoms with van der Waals surface area (Å²) in [5.74, 6) is -1.16. The smallest absolute Gasteiger partial charge is 0.305 e. The summed E-state index contributed by atoms with van der Waals surface area (Å²) in [7, 11) is 0. The van der Waals surface area contributed by atoms with Crippen LogP contribution >= 0.6 is 0 Å². The summed E-state index contributed by atoms with van der Waals surface area (Å²) < 4.78 is 0. The Kier molecular flexibility index (Phi) is 4.40. The van der Waals surface area contributed by atoms with E-state index in [2.05, 4.69) is 0 Å². The SMILES string of the molecule is O=CC(O)CC(O)CC(=O)O. The first-order chi connectivity index (χ1) is 5.06. The summed E-state index contributed by atoms with van der Waals surface area (Å²) in [6.07, 6.45) is -2.86. The average molecular weight is 162 g/mol. The molecule has 2 unspecified atom stereocenters. The molecule has 0 rings (SSSR count). The second kappa shape index (κ2) is 4.81. The second-order valence-electron chi connectivity index (χ2n) is 2.19. The van der Waals surface area contributed by atoms with Crippen LogP contribution in [-0.4, -0.2) is 39.8 Å². The molecule has 0 aromatic heterocycles. The van der Waals surface area contributed by atoms with Crippen LogP contribution in [0.2, 0.25) is 0 Å². The molecule has 0 aromatic carbocycles. The Morgan fingerprint density at radius 1 is 1.45 bits per heavy atom. The number of aliphatic carboxylic acids is 1. The topological polar surface area (TPSA) is 94.8 Å². The van der Waals surface area contributed by atoms with E-state index in [0.717, 1.165) is 0 Å². The molecular formula is C6H10O5. The molecule has 0 spiro atoms. The zero-order valence-corrected chi connectivity index (χ0v) is 5.80. The molecular weight excluding hydrogens is 152 g/mol. The van der Waals surface area contributed by atoms with Crippen LogP contribution < -0.4 is 0 Å². The number of carboxylic acids is 1. The van der Waals surface area contributed by atoms with E-state index in [1.807, 2.05) is 0 Å². The minimum atomic E-state index is -1.27. The molecule has 0 aliphatic heterocycles. The minimum Gasteiger partial charge on any atom is -0.481 e. The van der Waals surface area contributed by atoms with Gasteiger partial charge in [-0.05, 0) is 0 Å². The highest BCUT2D eigenvalue weighted by molar-refractivity contribution is 5.67. The van der Waals surface area contributed by atoms with Crippen LogP contribution in [-0.2, 0) is 9.59 Å². The van der Waals surface area contributed by atoms with Crippen LogP contribution in [0, 0.1) is 0 Å². The third-order valence-corrected chi connectivity index (χ3v) is 1.08. The molecule has 3 N–H and O–H groups in total. The third-order valence-electron chi connectivity index (χ3n) is 1.08. The molecule has 0 aliphatic rings. The van der Waals surface area contributed by atoms with Gasteiger partial charge in [-0.1, -0.05) is 0 Å². The average Bonchev–Trinajstić information content (AvgIpc) is 1.85. The van der Waals surface area contributed by atoms with Crippen molar-refractivity contribution in [2.75, 3.05) is 0 Å². The molecule has 64 valence electrons. The van der Waals surface area contributed by atoms with E-state index in [9.17, 15) is 9.59 Å². The van der Waals surface area contributed by atoms with E-state index >= 15 is 0 Å². The lowest BCUT2D eigenvalue weighted by molar-refractivity contribution is -0.139. The van der Waals surface area contributed by atoms with Crippen LogP contribution in [0.4, 0.5) is 0 Å². The van der Waals surface area contributed by atoms with Crippen LogP contribution in [0.25, 0.3) is 0 Å². The van der Waals surface area contributed by atoms with E-state index in [1.165, 1.54) is 0 Å². The lowest BCUT2D eigenvalue weighted by Crippen LogP contribution is -2.21. The molecule has 0 heterocycles. The van der Waals surface area contributed by atoms with Crippen LogP contribution in [0.3, 0.4) is 0 Å². The minimum absolute atomic E-state index is 0.226. The number of aliphatic hydroxyl groups excluding tert-OH is 2. The summed E-state index contributed by atoms with van der Waals surface area (Å²) in [5, 5.41) is 25.6. The van der Waals surface area contributed by atoms with Crippen molar-refractivity contribution >= 4 is 12.3 Å². The molecule has 0 aliphatic carbocycles. The maximum atomic E-state index is 9.95. The summed E-state index contributed by atoms with van der Waals surface area (Å²) in [4.78, 5) is 19.8. The van der Waals surface area contributed by atoms with Gasteiger partial charge in [-0.2, -0.15) is 0 Å². The highest BCUT2D eigenvalue weighted by Crippen LogP contribution is 2.00. The predicted octanol–water partition coefficient (Wildman–Crippen LogP) is -1.23. The van der Waals surface area contributed by atoms with E-state index < -0.39 is 24.6 Å². The van der Waals surface area contributed by atoms with Crippen molar-refractivity contribution in [3.8, 4) is 0 Å². The lowest BCUT2D eigenvalue weighted by Gasteiger charge is -2.07. The van der Waals surface area contributed by atoms with Gasteiger partial charge in [0.05, 0.1) is 12.5 Å². The number of carbonyl (C=O) groups is 2. The maximum Gasteiger partial charge on any atom is 0.305 e.